The second-order valence-corrected chi connectivity index (χ2v) is 5.74. The molecule has 0 aliphatic heterocycles. The first kappa shape index (κ1) is 19.8. The summed E-state index contributed by atoms with van der Waals surface area (Å²) in [5.74, 6) is -0.766. The fraction of sp³-hybridized carbons (Fsp3) is 0.118. The van der Waals surface area contributed by atoms with Gasteiger partial charge in [0.15, 0.2) is 11.7 Å². The number of benzene rings is 2. The standard InChI is InChI=1S/C17H16N4O5S/c1-11-5-4-6-12(9-11)26-10-15(22)18-17(27)20-19-16(23)13-7-2-3-8-14(13)21(24)25/h2-9H,10H2,1H3,(H,19,23)(H2,18,20,22,27). The van der Waals surface area contributed by atoms with Crippen LogP contribution in [0.3, 0.4) is 0 Å². The Bertz CT molecular complexity index is 887. The van der Waals surface area contributed by atoms with E-state index < -0.39 is 16.7 Å². The molecule has 0 fully saturated rings. The lowest BCUT2D eigenvalue weighted by Gasteiger charge is -2.11. The molecule has 2 aromatic carbocycles. The van der Waals surface area contributed by atoms with Gasteiger partial charge in [0.25, 0.3) is 17.5 Å². The maximum absolute atomic E-state index is 12.0. The summed E-state index contributed by atoms with van der Waals surface area (Å²) >= 11 is 4.89. The Morgan fingerprint density at radius 1 is 1.15 bits per heavy atom. The number of hydrogen-bond acceptors (Lipinski definition) is 6. The van der Waals surface area contributed by atoms with Crippen LogP contribution < -0.4 is 20.9 Å². The zero-order valence-corrected chi connectivity index (χ0v) is 15.0. The van der Waals surface area contributed by atoms with E-state index in [0.29, 0.717) is 5.75 Å². The predicted molar refractivity (Wildman–Crippen MR) is 101 cm³/mol. The summed E-state index contributed by atoms with van der Waals surface area (Å²) < 4.78 is 5.32. The largest absolute Gasteiger partial charge is 0.484 e. The van der Waals surface area contributed by atoms with E-state index in [1.165, 1.54) is 24.3 Å². The molecule has 2 aromatic rings. The van der Waals surface area contributed by atoms with Crippen molar-refractivity contribution < 1.29 is 19.2 Å². The van der Waals surface area contributed by atoms with Crippen LogP contribution in [0.25, 0.3) is 0 Å². The Morgan fingerprint density at radius 3 is 2.59 bits per heavy atom. The van der Waals surface area contributed by atoms with Gasteiger partial charge in [-0.1, -0.05) is 24.3 Å². The minimum atomic E-state index is -0.769. The number of nitrogens with one attached hydrogen (secondary N) is 3. The Hall–Kier alpha value is -3.53. The third-order valence-corrected chi connectivity index (χ3v) is 3.45. The molecule has 0 heterocycles. The molecule has 0 unspecified atom stereocenters. The predicted octanol–water partition coefficient (Wildman–Crippen LogP) is 1.62. The molecule has 0 aliphatic carbocycles. The molecule has 0 atom stereocenters. The minimum Gasteiger partial charge on any atom is -0.484 e. The van der Waals surface area contributed by atoms with Gasteiger partial charge < -0.3 is 4.74 Å². The number of rotatable bonds is 5. The number of nitro groups is 1. The first-order valence-corrected chi connectivity index (χ1v) is 8.10. The van der Waals surface area contributed by atoms with Gasteiger partial charge >= 0.3 is 0 Å². The van der Waals surface area contributed by atoms with E-state index in [-0.39, 0.29) is 23.0 Å². The lowest BCUT2D eigenvalue weighted by molar-refractivity contribution is -0.385. The first-order valence-electron chi connectivity index (χ1n) is 7.70. The number of carbonyl (C=O) groups excluding carboxylic acids is 2. The normalized spacial score (nSPS) is 9.81. The molecule has 3 N–H and O–H groups in total. The maximum Gasteiger partial charge on any atom is 0.282 e. The van der Waals surface area contributed by atoms with Gasteiger partial charge in [0.1, 0.15) is 11.3 Å². The summed E-state index contributed by atoms with van der Waals surface area (Å²) in [6.45, 7) is 1.62. The average molecular weight is 388 g/mol. The van der Waals surface area contributed by atoms with E-state index in [1.807, 2.05) is 13.0 Å². The topological polar surface area (TPSA) is 123 Å². The van der Waals surface area contributed by atoms with Crippen LogP contribution in [0, 0.1) is 17.0 Å². The van der Waals surface area contributed by atoms with Gasteiger partial charge in [-0.25, -0.2) is 0 Å². The highest BCUT2D eigenvalue weighted by atomic mass is 32.1. The molecule has 0 aliphatic rings. The zero-order valence-electron chi connectivity index (χ0n) is 14.2. The van der Waals surface area contributed by atoms with Gasteiger partial charge in [-0.2, -0.15) is 0 Å². The number of aryl methyl sites for hydroxylation is 1. The van der Waals surface area contributed by atoms with Crippen LogP contribution in [0.2, 0.25) is 0 Å². The number of para-hydroxylation sites is 1. The van der Waals surface area contributed by atoms with Crippen LogP contribution >= 0.6 is 12.2 Å². The Balaban J connectivity index is 1.81. The maximum atomic E-state index is 12.0. The van der Waals surface area contributed by atoms with Crippen LogP contribution in [0.5, 0.6) is 5.75 Å². The molecule has 9 nitrogen and oxygen atoms in total. The van der Waals surface area contributed by atoms with Crippen molar-refractivity contribution in [1.29, 1.82) is 0 Å². The number of hydrogen-bond donors (Lipinski definition) is 3. The molecule has 0 saturated heterocycles. The zero-order chi connectivity index (χ0) is 19.8. The molecule has 10 heteroatoms. The van der Waals surface area contributed by atoms with Gasteiger partial charge in [-0.3, -0.25) is 35.9 Å². The second kappa shape index (κ2) is 9.25. The lowest BCUT2D eigenvalue weighted by Crippen LogP contribution is -2.49. The fourth-order valence-electron chi connectivity index (χ4n) is 2.05. The molecule has 0 saturated carbocycles. The summed E-state index contributed by atoms with van der Waals surface area (Å²) in [7, 11) is 0. The Morgan fingerprint density at radius 2 is 1.89 bits per heavy atom. The summed E-state index contributed by atoms with van der Waals surface area (Å²) in [4.78, 5) is 34.1. The SMILES string of the molecule is Cc1cccc(OCC(=O)NC(=S)NNC(=O)c2ccccc2[N+](=O)[O-])c1. The molecule has 0 radical (unpaired) electrons. The summed E-state index contributed by atoms with van der Waals surface area (Å²) in [6, 6.07) is 12.6. The van der Waals surface area contributed by atoms with Crippen molar-refractivity contribution in [3.8, 4) is 5.75 Å². The van der Waals surface area contributed by atoms with E-state index in [1.54, 1.807) is 18.2 Å². The number of hydrazine groups is 1. The van der Waals surface area contributed by atoms with Crippen LogP contribution in [0.15, 0.2) is 48.5 Å². The number of amides is 2. The molecule has 0 spiro atoms. The first-order chi connectivity index (χ1) is 12.9. The van der Waals surface area contributed by atoms with E-state index in [2.05, 4.69) is 16.2 Å². The van der Waals surface area contributed by atoms with Gasteiger partial charge in [0.2, 0.25) is 0 Å². The summed E-state index contributed by atoms with van der Waals surface area (Å²) in [6.07, 6.45) is 0. The summed E-state index contributed by atoms with van der Waals surface area (Å²) in [5.41, 5.74) is 4.99. The third-order valence-electron chi connectivity index (χ3n) is 3.25. The van der Waals surface area contributed by atoms with Crippen molar-refractivity contribution in [2.45, 2.75) is 6.92 Å². The quantitative estimate of drug-likeness (QED) is 0.404. The number of ether oxygens (including phenoxy) is 1. The Kier molecular flexibility index (Phi) is 6.78. The number of nitrogens with zero attached hydrogens (tertiary/aromatic N) is 1. The Labute approximate surface area is 159 Å². The number of thiocarbonyl (C=S) groups is 1. The van der Waals surface area contributed by atoms with E-state index >= 15 is 0 Å². The molecule has 0 bridgehead atoms. The van der Waals surface area contributed by atoms with Crippen molar-refractivity contribution in [2.75, 3.05) is 6.61 Å². The highest BCUT2D eigenvalue weighted by Gasteiger charge is 2.19. The molecule has 2 rings (SSSR count). The number of carbonyl (C=O) groups is 2. The van der Waals surface area contributed by atoms with Crippen LogP contribution in [0.1, 0.15) is 15.9 Å². The summed E-state index contributed by atoms with van der Waals surface area (Å²) in [5, 5.41) is 13.1. The molecule has 2 amide bonds. The second-order valence-electron chi connectivity index (χ2n) is 5.34. The molecule has 140 valence electrons. The van der Waals surface area contributed by atoms with E-state index in [0.717, 1.165) is 5.56 Å². The average Bonchev–Trinajstić information content (AvgIpc) is 2.64. The van der Waals surface area contributed by atoms with Crippen molar-refractivity contribution in [3.05, 3.63) is 69.8 Å². The van der Waals surface area contributed by atoms with Crippen molar-refractivity contribution in [2.24, 2.45) is 0 Å². The lowest BCUT2D eigenvalue weighted by atomic mass is 10.2. The van der Waals surface area contributed by atoms with E-state index in [9.17, 15) is 19.7 Å². The number of nitro benzene ring substituents is 1. The van der Waals surface area contributed by atoms with Gasteiger partial charge in [-0.05, 0) is 42.9 Å². The smallest absolute Gasteiger partial charge is 0.282 e. The van der Waals surface area contributed by atoms with Crippen molar-refractivity contribution in [1.82, 2.24) is 16.2 Å². The van der Waals surface area contributed by atoms with Gasteiger partial charge in [0, 0.05) is 6.07 Å². The highest BCUT2D eigenvalue weighted by molar-refractivity contribution is 7.80. The van der Waals surface area contributed by atoms with E-state index in [4.69, 9.17) is 17.0 Å². The van der Waals surface area contributed by atoms with Crippen LogP contribution in [-0.4, -0.2) is 28.5 Å². The monoisotopic (exact) mass is 388 g/mol. The van der Waals surface area contributed by atoms with Crippen molar-refractivity contribution >= 4 is 34.8 Å². The highest BCUT2D eigenvalue weighted by Crippen LogP contribution is 2.16. The minimum absolute atomic E-state index is 0.146. The van der Waals surface area contributed by atoms with Crippen LogP contribution in [-0.2, 0) is 4.79 Å². The van der Waals surface area contributed by atoms with Crippen LogP contribution in [0.4, 0.5) is 5.69 Å². The fourth-order valence-corrected chi connectivity index (χ4v) is 2.22. The molecular formula is C17H16N4O5S. The molecule has 27 heavy (non-hydrogen) atoms. The third kappa shape index (κ3) is 6.04. The molecule has 0 aromatic heterocycles. The molecular weight excluding hydrogens is 372 g/mol. The van der Waals surface area contributed by atoms with Crippen molar-refractivity contribution in [3.63, 3.8) is 0 Å². The van der Waals surface area contributed by atoms with Gasteiger partial charge in [-0.15, -0.1) is 0 Å². The van der Waals surface area contributed by atoms with Gasteiger partial charge in [0.05, 0.1) is 4.92 Å².